The summed E-state index contributed by atoms with van der Waals surface area (Å²) in [6.45, 7) is 3.85. The number of aromatic nitrogens is 2. The van der Waals surface area contributed by atoms with Crippen molar-refractivity contribution in [3.05, 3.63) is 0 Å². The van der Waals surface area contributed by atoms with E-state index in [-0.39, 0.29) is 17.9 Å². The lowest BCUT2D eigenvalue weighted by molar-refractivity contribution is -0.129. The van der Waals surface area contributed by atoms with Gasteiger partial charge in [0, 0.05) is 26.1 Å². The van der Waals surface area contributed by atoms with Crippen LogP contribution in [0.25, 0.3) is 0 Å². The smallest absolute Gasteiger partial charge is 0.233 e. The molecule has 2 aliphatic rings. The number of thioether (sulfide) groups is 1. The first-order valence-corrected chi connectivity index (χ1v) is 10.8. The highest BCUT2D eigenvalue weighted by Gasteiger charge is 2.34. The van der Waals surface area contributed by atoms with E-state index in [1.54, 1.807) is 11.8 Å². The van der Waals surface area contributed by atoms with Gasteiger partial charge in [0.1, 0.15) is 0 Å². The van der Waals surface area contributed by atoms with Gasteiger partial charge in [-0.2, -0.15) is 0 Å². The van der Waals surface area contributed by atoms with Crippen molar-refractivity contribution in [1.29, 1.82) is 0 Å². The average molecular weight is 383 g/mol. The van der Waals surface area contributed by atoms with Gasteiger partial charge in [-0.05, 0) is 44.4 Å². The highest BCUT2D eigenvalue weighted by atomic mass is 32.2. The summed E-state index contributed by atoms with van der Waals surface area (Å²) in [5.41, 5.74) is 0. The fourth-order valence-electron chi connectivity index (χ4n) is 3.30. The molecule has 2 aliphatic carbocycles. The third kappa shape index (κ3) is 4.73. The summed E-state index contributed by atoms with van der Waals surface area (Å²) in [6.07, 6.45) is 6.68. The van der Waals surface area contributed by atoms with E-state index in [4.69, 9.17) is 0 Å². The third-order valence-corrected chi connectivity index (χ3v) is 7.14. The maximum absolute atomic E-state index is 12.5. The number of hydrogen-bond donors (Lipinski definition) is 0. The van der Waals surface area contributed by atoms with Gasteiger partial charge in [0.2, 0.25) is 16.9 Å². The van der Waals surface area contributed by atoms with Crippen LogP contribution in [0.4, 0.5) is 5.13 Å². The number of amides is 2. The summed E-state index contributed by atoms with van der Waals surface area (Å²) >= 11 is 2.82. The zero-order chi connectivity index (χ0) is 18.0. The van der Waals surface area contributed by atoms with Crippen LogP contribution in [0, 0.1) is 5.92 Å². The van der Waals surface area contributed by atoms with Crippen LogP contribution >= 0.6 is 23.1 Å². The minimum Gasteiger partial charge on any atom is -0.342 e. The van der Waals surface area contributed by atoms with Crippen LogP contribution in [-0.2, 0) is 9.59 Å². The molecule has 3 rings (SSSR count). The van der Waals surface area contributed by atoms with Gasteiger partial charge in [-0.25, -0.2) is 0 Å². The molecule has 2 fully saturated rings. The largest absolute Gasteiger partial charge is 0.342 e. The highest BCUT2D eigenvalue weighted by Crippen LogP contribution is 2.36. The minimum atomic E-state index is 0.0116. The molecule has 138 valence electrons. The number of carbonyl (C=O) groups is 2. The van der Waals surface area contributed by atoms with Crippen LogP contribution < -0.4 is 4.90 Å². The summed E-state index contributed by atoms with van der Waals surface area (Å²) in [4.78, 5) is 27.9. The van der Waals surface area contributed by atoms with Crippen molar-refractivity contribution in [2.24, 2.45) is 5.92 Å². The van der Waals surface area contributed by atoms with Crippen molar-refractivity contribution in [3.63, 3.8) is 0 Å². The lowest BCUT2D eigenvalue weighted by atomic mass is 9.87. The molecule has 0 bridgehead atoms. The normalized spacial score (nSPS) is 23.3. The van der Waals surface area contributed by atoms with Crippen molar-refractivity contribution < 1.29 is 9.59 Å². The van der Waals surface area contributed by atoms with Gasteiger partial charge in [-0.15, -0.1) is 10.2 Å². The molecule has 1 aromatic heterocycles. The molecule has 0 spiro atoms. The molecule has 0 radical (unpaired) electrons. The first-order chi connectivity index (χ1) is 12.0. The Hall–Kier alpha value is -1.15. The van der Waals surface area contributed by atoms with Crippen LogP contribution in [0.5, 0.6) is 0 Å². The van der Waals surface area contributed by atoms with E-state index in [1.807, 2.05) is 11.9 Å². The molecule has 0 N–H and O–H groups in total. The number of rotatable bonds is 6. The molecular formula is C17H26N4O2S2. The predicted octanol–water partition coefficient (Wildman–Crippen LogP) is 3.18. The number of nitrogens with zero attached hydrogens (tertiary/aromatic N) is 4. The second-order valence-electron chi connectivity index (χ2n) is 7.18. The van der Waals surface area contributed by atoms with Crippen molar-refractivity contribution in [2.75, 3.05) is 17.7 Å². The predicted molar refractivity (Wildman–Crippen MR) is 101 cm³/mol. The molecule has 0 saturated heterocycles. The molecule has 1 aromatic rings. The maximum atomic E-state index is 12.5. The molecule has 0 aromatic carbocycles. The molecule has 0 unspecified atom stereocenters. The Morgan fingerprint density at radius 3 is 2.36 bits per heavy atom. The number of anilines is 1. The second-order valence-corrected chi connectivity index (χ2v) is 9.36. The Kier molecular flexibility index (Phi) is 5.99. The third-order valence-electron chi connectivity index (χ3n) is 5.10. The SMILES string of the molecule is CC(=O)N(c1nnc(SCC(=O)N(C)C2CCC(C)CC2)s1)C1CC1. The molecule has 0 atom stereocenters. The van der Waals surface area contributed by atoms with E-state index in [0.29, 0.717) is 16.9 Å². The topological polar surface area (TPSA) is 66.4 Å². The van der Waals surface area contributed by atoms with E-state index in [2.05, 4.69) is 17.1 Å². The van der Waals surface area contributed by atoms with Gasteiger partial charge in [-0.3, -0.25) is 14.5 Å². The van der Waals surface area contributed by atoms with Crippen molar-refractivity contribution in [2.45, 2.75) is 68.8 Å². The van der Waals surface area contributed by atoms with Crippen LogP contribution in [-0.4, -0.2) is 51.8 Å². The summed E-state index contributed by atoms with van der Waals surface area (Å²) in [7, 11) is 1.92. The monoisotopic (exact) mass is 382 g/mol. The van der Waals surface area contributed by atoms with Gasteiger partial charge in [-0.1, -0.05) is 30.0 Å². The Bertz CT molecular complexity index is 624. The first kappa shape index (κ1) is 18.6. The number of hydrogen-bond acceptors (Lipinski definition) is 6. The molecule has 0 aliphatic heterocycles. The first-order valence-electron chi connectivity index (χ1n) is 8.97. The van der Waals surface area contributed by atoms with Gasteiger partial charge in [0.05, 0.1) is 5.75 Å². The Balaban J connectivity index is 1.51. The fraction of sp³-hybridized carbons (Fsp3) is 0.765. The van der Waals surface area contributed by atoms with Crippen molar-refractivity contribution in [1.82, 2.24) is 15.1 Å². The lowest BCUT2D eigenvalue weighted by Gasteiger charge is -2.33. The van der Waals surface area contributed by atoms with Crippen molar-refractivity contribution >= 4 is 40.0 Å². The van der Waals surface area contributed by atoms with E-state index in [1.165, 1.54) is 35.9 Å². The van der Waals surface area contributed by atoms with Crippen molar-refractivity contribution in [3.8, 4) is 0 Å². The maximum Gasteiger partial charge on any atom is 0.233 e. The second kappa shape index (κ2) is 8.03. The summed E-state index contributed by atoms with van der Waals surface area (Å²) in [5.74, 6) is 1.31. The quantitative estimate of drug-likeness (QED) is 0.558. The van der Waals surface area contributed by atoms with Gasteiger partial charge >= 0.3 is 0 Å². The van der Waals surface area contributed by atoms with E-state index in [9.17, 15) is 9.59 Å². The van der Waals surface area contributed by atoms with E-state index >= 15 is 0 Å². The Labute approximate surface area is 157 Å². The van der Waals surface area contributed by atoms with E-state index in [0.717, 1.165) is 35.9 Å². The van der Waals surface area contributed by atoms with Crippen LogP contribution in [0.2, 0.25) is 0 Å². The van der Waals surface area contributed by atoms with Crippen LogP contribution in [0.1, 0.15) is 52.4 Å². The molecule has 2 saturated carbocycles. The zero-order valence-corrected chi connectivity index (χ0v) is 16.7. The zero-order valence-electron chi connectivity index (χ0n) is 15.1. The molecule has 2 amide bonds. The molecule has 1 heterocycles. The van der Waals surface area contributed by atoms with Crippen LogP contribution in [0.3, 0.4) is 0 Å². The lowest BCUT2D eigenvalue weighted by Crippen LogP contribution is -2.40. The molecule has 25 heavy (non-hydrogen) atoms. The van der Waals surface area contributed by atoms with Gasteiger partial charge < -0.3 is 4.90 Å². The summed E-state index contributed by atoms with van der Waals surface area (Å²) in [6, 6.07) is 0.655. The summed E-state index contributed by atoms with van der Waals surface area (Å²) < 4.78 is 0.751. The molecule has 6 nitrogen and oxygen atoms in total. The molecule has 8 heteroatoms. The van der Waals surface area contributed by atoms with E-state index < -0.39 is 0 Å². The summed E-state index contributed by atoms with van der Waals surface area (Å²) in [5, 5.41) is 8.95. The van der Waals surface area contributed by atoms with Gasteiger partial charge in [0.25, 0.3) is 0 Å². The van der Waals surface area contributed by atoms with Gasteiger partial charge in [0.15, 0.2) is 4.34 Å². The minimum absolute atomic E-state index is 0.0116. The Morgan fingerprint density at radius 1 is 1.12 bits per heavy atom. The average Bonchev–Trinajstić information content (AvgIpc) is 3.30. The molecular weight excluding hydrogens is 356 g/mol. The Morgan fingerprint density at radius 2 is 1.76 bits per heavy atom. The fourth-order valence-corrected chi connectivity index (χ4v) is 5.18. The highest BCUT2D eigenvalue weighted by molar-refractivity contribution is 8.01. The number of carbonyl (C=O) groups excluding carboxylic acids is 2. The standard InChI is InChI=1S/C17H26N4O2S2/c1-11-4-6-13(7-5-11)20(3)15(23)10-24-17-19-18-16(25-17)21(12(2)22)14-8-9-14/h11,13-14H,4-10H2,1-3H3. The van der Waals surface area contributed by atoms with Crippen LogP contribution in [0.15, 0.2) is 4.34 Å².